The van der Waals surface area contributed by atoms with Crippen molar-refractivity contribution < 1.29 is 18.3 Å². The van der Waals surface area contributed by atoms with Gasteiger partial charge in [0.05, 0.1) is 11.6 Å². The van der Waals surface area contributed by atoms with E-state index in [-0.39, 0.29) is 16.8 Å². The highest BCUT2D eigenvalue weighted by Gasteiger charge is 2.17. The highest BCUT2D eigenvalue weighted by atomic mass is 79.9. The van der Waals surface area contributed by atoms with Crippen LogP contribution in [-0.4, -0.2) is 12.9 Å². The van der Waals surface area contributed by atoms with Crippen LogP contribution in [0.15, 0.2) is 34.8 Å². The first-order chi connectivity index (χ1) is 9.43. The number of anilines is 1. The number of ketones is 1. The Bertz CT molecular complexity index is 689. The van der Waals surface area contributed by atoms with Crippen LogP contribution in [-0.2, 0) is 0 Å². The molecule has 0 amide bonds. The number of nitrogens with two attached hydrogens (primary N) is 1. The second-order valence-electron chi connectivity index (χ2n) is 4.03. The monoisotopic (exact) mass is 341 g/mol. The molecular weight excluding hydrogens is 332 g/mol. The molecule has 0 fully saturated rings. The van der Waals surface area contributed by atoms with E-state index in [1.807, 2.05) is 0 Å². The second kappa shape index (κ2) is 5.58. The maximum atomic E-state index is 13.2. The van der Waals surface area contributed by atoms with Gasteiger partial charge >= 0.3 is 0 Å². The normalized spacial score (nSPS) is 10.4. The molecule has 0 heterocycles. The molecule has 0 aromatic heterocycles. The molecule has 20 heavy (non-hydrogen) atoms. The van der Waals surface area contributed by atoms with E-state index in [0.717, 1.165) is 12.1 Å². The Kier molecular flexibility index (Phi) is 4.04. The molecule has 0 aliphatic carbocycles. The van der Waals surface area contributed by atoms with E-state index in [0.29, 0.717) is 10.2 Å². The first kappa shape index (κ1) is 14.5. The Hall–Kier alpha value is -1.95. The number of nitrogen functional groups attached to an aromatic ring is 1. The quantitative estimate of drug-likeness (QED) is 0.686. The Morgan fingerprint density at radius 2 is 1.85 bits per heavy atom. The first-order valence-corrected chi connectivity index (χ1v) is 6.36. The molecule has 0 spiro atoms. The Balaban J connectivity index is 2.46. The molecule has 2 aromatic rings. The Morgan fingerprint density at radius 1 is 1.20 bits per heavy atom. The molecule has 2 rings (SSSR count). The zero-order valence-electron chi connectivity index (χ0n) is 10.4. The highest BCUT2D eigenvalue weighted by molar-refractivity contribution is 9.10. The van der Waals surface area contributed by atoms with Crippen molar-refractivity contribution in [2.24, 2.45) is 0 Å². The number of halogens is 3. The SMILES string of the molecule is COc1ccc(C(=O)c2cc(F)c(F)cc2N)cc1Br. The van der Waals surface area contributed by atoms with Crippen LogP contribution in [0.4, 0.5) is 14.5 Å². The van der Waals surface area contributed by atoms with E-state index in [1.165, 1.54) is 19.2 Å². The van der Waals surface area contributed by atoms with Gasteiger partial charge in [-0.2, -0.15) is 0 Å². The lowest BCUT2D eigenvalue weighted by Gasteiger charge is -2.08. The smallest absolute Gasteiger partial charge is 0.195 e. The Labute approximate surface area is 122 Å². The lowest BCUT2D eigenvalue weighted by atomic mass is 10.0. The summed E-state index contributed by atoms with van der Waals surface area (Å²) >= 11 is 3.25. The van der Waals surface area contributed by atoms with Crippen molar-refractivity contribution in [2.75, 3.05) is 12.8 Å². The number of ether oxygens (including phenoxy) is 1. The zero-order valence-corrected chi connectivity index (χ0v) is 12.0. The summed E-state index contributed by atoms with van der Waals surface area (Å²) in [7, 11) is 1.49. The minimum absolute atomic E-state index is 0.0824. The average Bonchev–Trinajstić information content (AvgIpc) is 2.42. The Morgan fingerprint density at radius 3 is 2.45 bits per heavy atom. The molecule has 0 radical (unpaired) electrons. The van der Waals surface area contributed by atoms with Crippen molar-refractivity contribution in [1.29, 1.82) is 0 Å². The molecule has 104 valence electrons. The van der Waals surface area contributed by atoms with Gasteiger partial charge in [0.1, 0.15) is 5.75 Å². The van der Waals surface area contributed by atoms with Crippen molar-refractivity contribution in [2.45, 2.75) is 0 Å². The molecule has 6 heteroatoms. The predicted octanol–water partition coefficient (Wildman–Crippen LogP) is 3.55. The van der Waals surface area contributed by atoms with Crippen LogP contribution in [0, 0.1) is 11.6 Å². The fourth-order valence-corrected chi connectivity index (χ4v) is 2.26. The van der Waals surface area contributed by atoms with Crippen molar-refractivity contribution in [3.8, 4) is 5.75 Å². The maximum Gasteiger partial charge on any atom is 0.195 e. The minimum Gasteiger partial charge on any atom is -0.496 e. The van der Waals surface area contributed by atoms with Gasteiger partial charge in [0, 0.05) is 22.9 Å². The molecule has 2 aromatic carbocycles. The first-order valence-electron chi connectivity index (χ1n) is 5.56. The predicted molar refractivity (Wildman–Crippen MR) is 74.9 cm³/mol. The molecule has 0 unspecified atom stereocenters. The number of benzene rings is 2. The number of hydrogen-bond acceptors (Lipinski definition) is 3. The topological polar surface area (TPSA) is 52.3 Å². The summed E-state index contributed by atoms with van der Waals surface area (Å²) in [5.41, 5.74) is 5.65. The van der Waals surface area contributed by atoms with Gasteiger partial charge in [0.25, 0.3) is 0 Å². The summed E-state index contributed by atoms with van der Waals surface area (Å²) in [4.78, 5) is 12.3. The van der Waals surface area contributed by atoms with Crippen LogP contribution < -0.4 is 10.5 Å². The number of rotatable bonds is 3. The number of methoxy groups -OCH3 is 1. The molecule has 0 atom stereocenters. The van der Waals surface area contributed by atoms with Gasteiger partial charge in [0.15, 0.2) is 17.4 Å². The summed E-state index contributed by atoms with van der Waals surface area (Å²) in [5, 5.41) is 0. The molecule has 0 saturated carbocycles. The van der Waals surface area contributed by atoms with E-state index in [1.54, 1.807) is 6.07 Å². The molecule has 2 N–H and O–H groups in total. The third-order valence-electron chi connectivity index (χ3n) is 2.75. The van der Waals surface area contributed by atoms with E-state index >= 15 is 0 Å². The molecule has 0 aliphatic heterocycles. The summed E-state index contributed by atoms with van der Waals surface area (Å²) < 4.78 is 31.8. The van der Waals surface area contributed by atoms with Crippen molar-refractivity contribution >= 4 is 27.4 Å². The maximum absolute atomic E-state index is 13.2. The van der Waals surface area contributed by atoms with E-state index in [9.17, 15) is 13.6 Å². The summed E-state index contributed by atoms with van der Waals surface area (Å²) in [6, 6.07) is 6.23. The molecule has 0 saturated heterocycles. The van der Waals surface area contributed by atoms with Crippen LogP contribution in [0.25, 0.3) is 0 Å². The standard InChI is InChI=1S/C14H10BrF2NO2/c1-20-13-3-2-7(4-9(13)15)14(19)8-5-10(16)11(17)6-12(8)18/h2-6H,18H2,1H3. The number of carbonyl (C=O) groups is 1. The van der Waals surface area contributed by atoms with Crippen LogP contribution in [0.1, 0.15) is 15.9 Å². The van der Waals surface area contributed by atoms with Crippen LogP contribution in [0.2, 0.25) is 0 Å². The fourth-order valence-electron chi connectivity index (χ4n) is 1.72. The van der Waals surface area contributed by atoms with E-state index < -0.39 is 17.4 Å². The van der Waals surface area contributed by atoms with Gasteiger partial charge in [-0.1, -0.05) is 0 Å². The summed E-state index contributed by atoms with van der Waals surface area (Å²) in [5.74, 6) is -2.14. The van der Waals surface area contributed by atoms with Gasteiger partial charge < -0.3 is 10.5 Å². The van der Waals surface area contributed by atoms with Gasteiger partial charge in [-0.3, -0.25) is 4.79 Å². The lowest BCUT2D eigenvalue weighted by molar-refractivity contribution is 0.103. The minimum atomic E-state index is -1.12. The van der Waals surface area contributed by atoms with Gasteiger partial charge in [-0.15, -0.1) is 0 Å². The highest BCUT2D eigenvalue weighted by Crippen LogP contribution is 2.28. The van der Waals surface area contributed by atoms with E-state index in [4.69, 9.17) is 10.5 Å². The van der Waals surface area contributed by atoms with Gasteiger partial charge in [-0.05, 0) is 40.2 Å². The summed E-state index contributed by atoms with van der Waals surface area (Å²) in [6.07, 6.45) is 0. The molecule has 0 bridgehead atoms. The van der Waals surface area contributed by atoms with Gasteiger partial charge in [-0.25, -0.2) is 8.78 Å². The molecule has 0 aliphatic rings. The molecular formula is C14H10BrF2NO2. The summed E-state index contributed by atoms with van der Waals surface area (Å²) in [6.45, 7) is 0. The number of hydrogen-bond donors (Lipinski definition) is 1. The van der Waals surface area contributed by atoms with Gasteiger partial charge in [0.2, 0.25) is 0 Å². The van der Waals surface area contributed by atoms with Crippen LogP contribution >= 0.6 is 15.9 Å². The average molecular weight is 342 g/mol. The second-order valence-corrected chi connectivity index (χ2v) is 4.89. The van der Waals surface area contributed by atoms with Crippen molar-refractivity contribution in [3.05, 3.63) is 57.6 Å². The lowest BCUT2D eigenvalue weighted by Crippen LogP contribution is -2.07. The van der Waals surface area contributed by atoms with E-state index in [2.05, 4.69) is 15.9 Å². The number of carbonyl (C=O) groups excluding carboxylic acids is 1. The largest absolute Gasteiger partial charge is 0.496 e. The van der Waals surface area contributed by atoms with Crippen LogP contribution in [0.5, 0.6) is 5.75 Å². The third-order valence-corrected chi connectivity index (χ3v) is 3.37. The third kappa shape index (κ3) is 2.65. The zero-order chi connectivity index (χ0) is 14.9. The van der Waals surface area contributed by atoms with Crippen LogP contribution in [0.3, 0.4) is 0 Å². The van der Waals surface area contributed by atoms with Crippen molar-refractivity contribution in [3.63, 3.8) is 0 Å². The van der Waals surface area contributed by atoms with Crippen molar-refractivity contribution in [1.82, 2.24) is 0 Å². The fraction of sp³-hybridized carbons (Fsp3) is 0.0714. The molecule has 3 nitrogen and oxygen atoms in total.